The van der Waals surface area contributed by atoms with Crippen molar-refractivity contribution in [3.63, 3.8) is 0 Å². The van der Waals surface area contributed by atoms with Crippen molar-refractivity contribution in [1.82, 2.24) is 10.3 Å². The van der Waals surface area contributed by atoms with Crippen molar-refractivity contribution in [3.05, 3.63) is 46.5 Å². The second kappa shape index (κ2) is 9.17. The van der Waals surface area contributed by atoms with E-state index in [9.17, 15) is 4.79 Å². The average molecular weight is 372 g/mol. The molecule has 1 fully saturated rings. The summed E-state index contributed by atoms with van der Waals surface area (Å²) in [6, 6.07) is 11.0. The second-order valence-electron chi connectivity index (χ2n) is 7.31. The van der Waals surface area contributed by atoms with E-state index in [4.69, 9.17) is 0 Å². The predicted octanol–water partition coefficient (Wildman–Crippen LogP) is 4.95. The van der Waals surface area contributed by atoms with Crippen molar-refractivity contribution in [3.8, 4) is 0 Å². The minimum atomic E-state index is -0.00254. The van der Waals surface area contributed by atoms with Crippen molar-refractivity contribution in [1.29, 1.82) is 0 Å². The Balaban J connectivity index is 1.52. The summed E-state index contributed by atoms with van der Waals surface area (Å²) in [5, 5.41) is 7.54. The molecule has 0 saturated heterocycles. The summed E-state index contributed by atoms with van der Waals surface area (Å²) in [6.07, 6.45) is 8.22. The molecule has 140 valence electrons. The lowest BCUT2D eigenvalue weighted by Gasteiger charge is -2.22. The van der Waals surface area contributed by atoms with Crippen molar-refractivity contribution in [2.45, 2.75) is 70.9 Å². The molecule has 2 aromatic rings. The van der Waals surface area contributed by atoms with Crippen molar-refractivity contribution < 1.29 is 4.79 Å². The number of nitrogens with zero attached hydrogens (tertiary/aromatic N) is 1. The quantitative estimate of drug-likeness (QED) is 0.724. The van der Waals surface area contributed by atoms with Crippen molar-refractivity contribution in [2.75, 3.05) is 5.32 Å². The van der Waals surface area contributed by atoms with Gasteiger partial charge in [0.25, 0.3) is 5.91 Å². The molecule has 2 N–H and O–H groups in total. The number of carbonyl (C=O) groups is 1. The zero-order chi connectivity index (χ0) is 18.4. The van der Waals surface area contributed by atoms with Gasteiger partial charge in [0, 0.05) is 12.1 Å². The summed E-state index contributed by atoms with van der Waals surface area (Å²) in [7, 11) is 0. The molecule has 26 heavy (non-hydrogen) atoms. The molecular weight excluding hydrogens is 342 g/mol. The summed E-state index contributed by atoms with van der Waals surface area (Å²) >= 11 is 1.48. The Morgan fingerprint density at radius 2 is 1.96 bits per heavy atom. The van der Waals surface area contributed by atoms with Crippen LogP contribution in [-0.4, -0.2) is 23.0 Å². The third kappa shape index (κ3) is 5.31. The molecule has 1 aromatic carbocycles. The van der Waals surface area contributed by atoms with Gasteiger partial charge in [0.1, 0.15) is 4.88 Å². The number of hydrogen-bond donors (Lipinski definition) is 2. The van der Waals surface area contributed by atoms with Crippen LogP contribution in [0.15, 0.2) is 30.3 Å². The van der Waals surface area contributed by atoms with E-state index in [1.807, 2.05) is 13.0 Å². The molecule has 1 amide bonds. The summed E-state index contributed by atoms with van der Waals surface area (Å²) in [6.45, 7) is 3.99. The van der Waals surface area contributed by atoms with Crippen LogP contribution in [0.1, 0.15) is 66.4 Å². The standard InChI is InChI=1S/C21H29N3OS/c1-15(13-14-17-9-5-3-6-10-17)22-20(25)19-16(2)23-21(26-19)24-18-11-7-4-8-12-18/h3,5-6,9-10,15,18H,4,7-8,11-14H2,1-2H3,(H,22,25)(H,23,24). The molecule has 1 heterocycles. The minimum absolute atomic E-state index is 0.00254. The highest BCUT2D eigenvalue weighted by atomic mass is 32.1. The van der Waals surface area contributed by atoms with Gasteiger partial charge < -0.3 is 10.6 Å². The van der Waals surface area contributed by atoms with E-state index in [0.717, 1.165) is 28.5 Å². The fraction of sp³-hybridized carbons (Fsp3) is 0.524. The van der Waals surface area contributed by atoms with Crippen LogP contribution >= 0.6 is 11.3 Å². The molecule has 0 bridgehead atoms. The lowest BCUT2D eigenvalue weighted by Crippen LogP contribution is -2.32. The smallest absolute Gasteiger partial charge is 0.263 e. The highest BCUT2D eigenvalue weighted by Gasteiger charge is 2.19. The van der Waals surface area contributed by atoms with E-state index in [1.54, 1.807) is 0 Å². The van der Waals surface area contributed by atoms with Crippen LogP contribution in [0.5, 0.6) is 0 Å². The topological polar surface area (TPSA) is 54.0 Å². The van der Waals surface area contributed by atoms with Gasteiger partial charge >= 0.3 is 0 Å². The number of aryl methyl sites for hydroxylation is 2. The number of rotatable bonds is 7. The second-order valence-corrected chi connectivity index (χ2v) is 8.31. The number of amides is 1. The summed E-state index contributed by atoms with van der Waals surface area (Å²) in [5.41, 5.74) is 2.13. The number of anilines is 1. The number of carbonyl (C=O) groups excluding carboxylic acids is 1. The number of hydrogen-bond acceptors (Lipinski definition) is 4. The third-order valence-corrected chi connectivity index (χ3v) is 6.11. The van der Waals surface area contributed by atoms with Gasteiger partial charge in [-0.3, -0.25) is 4.79 Å². The van der Waals surface area contributed by atoms with Gasteiger partial charge in [-0.05, 0) is 45.1 Å². The third-order valence-electron chi connectivity index (χ3n) is 5.02. The Kier molecular flexibility index (Phi) is 6.67. The minimum Gasteiger partial charge on any atom is -0.359 e. The van der Waals surface area contributed by atoms with E-state index in [0.29, 0.717) is 6.04 Å². The first-order valence-electron chi connectivity index (χ1n) is 9.70. The largest absolute Gasteiger partial charge is 0.359 e. The average Bonchev–Trinajstić information content (AvgIpc) is 3.02. The van der Waals surface area contributed by atoms with Gasteiger partial charge in [0.2, 0.25) is 0 Å². The Labute approximate surface area is 160 Å². The Bertz CT molecular complexity index is 707. The van der Waals surface area contributed by atoms with E-state index >= 15 is 0 Å². The molecule has 0 aliphatic heterocycles. The fourth-order valence-corrected chi connectivity index (χ4v) is 4.43. The van der Waals surface area contributed by atoms with Crippen LogP contribution in [0.25, 0.3) is 0 Å². The normalized spacial score (nSPS) is 16.2. The number of thiazole rings is 1. The van der Waals surface area contributed by atoms with Crippen molar-refractivity contribution >= 4 is 22.4 Å². The van der Waals surface area contributed by atoms with E-state index in [-0.39, 0.29) is 11.9 Å². The Hall–Kier alpha value is -1.88. The van der Waals surface area contributed by atoms with Gasteiger partial charge in [0.15, 0.2) is 5.13 Å². The van der Waals surface area contributed by atoms with Crippen LogP contribution in [0, 0.1) is 6.92 Å². The van der Waals surface area contributed by atoms with Crippen LogP contribution in [-0.2, 0) is 6.42 Å². The van der Waals surface area contributed by atoms with Gasteiger partial charge in [-0.15, -0.1) is 0 Å². The van der Waals surface area contributed by atoms with Crippen molar-refractivity contribution in [2.24, 2.45) is 0 Å². The predicted molar refractivity (Wildman–Crippen MR) is 109 cm³/mol. The monoisotopic (exact) mass is 371 g/mol. The molecule has 1 aliphatic carbocycles. The van der Waals surface area contributed by atoms with Gasteiger partial charge in [-0.1, -0.05) is 60.9 Å². The van der Waals surface area contributed by atoms with E-state index in [1.165, 1.54) is 49.0 Å². The first-order valence-corrected chi connectivity index (χ1v) is 10.5. The SMILES string of the molecule is Cc1nc(NC2CCCCC2)sc1C(=O)NC(C)CCc1ccccc1. The molecule has 3 rings (SSSR count). The molecule has 1 aromatic heterocycles. The Morgan fingerprint density at radius 1 is 1.23 bits per heavy atom. The maximum Gasteiger partial charge on any atom is 0.263 e. The molecule has 1 saturated carbocycles. The van der Waals surface area contributed by atoms with Crippen LogP contribution < -0.4 is 10.6 Å². The van der Waals surface area contributed by atoms with Gasteiger partial charge in [-0.2, -0.15) is 0 Å². The number of benzene rings is 1. The first-order chi connectivity index (χ1) is 12.6. The first kappa shape index (κ1) is 18.9. The zero-order valence-corrected chi connectivity index (χ0v) is 16.6. The molecule has 1 atom stereocenters. The Morgan fingerprint density at radius 3 is 2.69 bits per heavy atom. The van der Waals surface area contributed by atoms with E-state index < -0.39 is 0 Å². The maximum atomic E-state index is 12.6. The highest BCUT2D eigenvalue weighted by Crippen LogP contribution is 2.27. The summed E-state index contributed by atoms with van der Waals surface area (Å²) in [5.74, 6) is -0.00254. The summed E-state index contributed by atoms with van der Waals surface area (Å²) < 4.78 is 0. The highest BCUT2D eigenvalue weighted by molar-refractivity contribution is 7.17. The van der Waals surface area contributed by atoms with Crippen LogP contribution in [0.2, 0.25) is 0 Å². The van der Waals surface area contributed by atoms with Gasteiger partial charge in [0.05, 0.1) is 5.69 Å². The lowest BCUT2D eigenvalue weighted by molar-refractivity contribution is 0.0942. The lowest BCUT2D eigenvalue weighted by atomic mass is 9.96. The molecule has 5 heteroatoms. The molecule has 0 radical (unpaired) electrons. The van der Waals surface area contributed by atoms with E-state index in [2.05, 4.69) is 46.8 Å². The molecule has 0 spiro atoms. The number of aromatic nitrogens is 1. The number of nitrogens with one attached hydrogen (secondary N) is 2. The zero-order valence-electron chi connectivity index (χ0n) is 15.8. The molecule has 1 aliphatic rings. The van der Waals surface area contributed by atoms with Gasteiger partial charge in [-0.25, -0.2) is 4.98 Å². The molecule has 4 nitrogen and oxygen atoms in total. The molecule has 1 unspecified atom stereocenters. The van der Waals surface area contributed by atoms with Crippen LogP contribution in [0.3, 0.4) is 0 Å². The maximum absolute atomic E-state index is 12.6. The summed E-state index contributed by atoms with van der Waals surface area (Å²) in [4.78, 5) is 17.9. The fourth-order valence-electron chi connectivity index (χ4n) is 3.48. The molecular formula is C21H29N3OS. The van der Waals surface area contributed by atoms with Crippen LogP contribution in [0.4, 0.5) is 5.13 Å².